The van der Waals surface area contributed by atoms with Crippen LogP contribution in [-0.2, 0) is 6.54 Å². The highest BCUT2D eigenvalue weighted by atomic mass is 16.1. The third kappa shape index (κ3) is 6.55. The summed E-state index contributed by atoms with van der Waals surface area (Å²) < 4.78 is 2.68. The number of aromatic amines is 2. The van der Waals surface area contributed by atoms with Crippen LogP contribution >= 0.6 is 0 Å². The molecular weight excluding hydrogens is 496 g/mol. The number of anilines is 2. The molecule has 0 bridgehead atoms. The number of H-pyrrole nitrogens is 2. The van der Waals surface area contributed by atoms with Gasteiger partial charge in [0.05, 0.1) is 23.3 Å². The maximum Gasteiger partial charge on any atom is 0.273 e. The Labute approximate surface area is 224 Å². The third-order valence-corrected chi connectivity index (χ3v) is 5.18. The summed E-state index contributed by atoms with van der Waals surface area (Å²) in [6, 6.07) is 21.7. The number of nitrogen functional groups attached to an aromatic ring is 2. The highest BCUT2D eigenvalue weighted by Gasteiger charge is 2.09. The van der Waals surface area contributed by atoms with E-state index in [-0.39, 0.29) is 16.9 Å². The van der Waals surface area contributed by atoms with Crippen LogP contribution in [0.25, 0.3) is 27.8 Å². The van der Waals surface area contributed by atoms with E-state index >= 15 is 0 Å². The van der Waals surface area contributed by atoms with E-state index in [1.165, 1.54) is 21.5 Å². The number of nitrogens with zero attached hydrogens (tertiary/aromatic N) is 6. The Morgan fingerprint density at radius 1 is 0.692 bits per heavy atom. The molecule has 12 nitrogen and oxygen atoms in total. The SMILES string of the molecule is CC.CC.Nc1n[nH]c2cc(=O)n(-c3ccccc3)nc12.Nc1n[nH]c2cc(=O)n(Cc3ccccc3)nc12. The van der Waals surface area contributed by atoms with E-state index in [9.17, 15) is 9.59 Å². The van der Waals surface area contributed by atoms with E-state index in [0.29, 0.717) is 40.1 Å². The zero-order valence-electron chi connectivity index (χ0n) is 22.3. The highest BCUT2D eigenvalue weighted by Crippen LogP contribution is 2.13. The van der Waals surface area contributed by atoms with Crippen molar-refractivity contribution in [3.63, 3.8) is 0 Å². The van der Waals surface area contributed by atoms with Gasteiger partial charge >= 0.3 is 0 Å². The van der Waals surface area contributed by atoms with Gasteiger partial charge in [0.1, 0.15) is 0 Å². The van der Waals surface area contributed by atoms with Crippen LogP contribution in [0.3, 0.4) is 0 Å². The lowest BCUT2D eigenvalue weighted by Crippen LogP contribution is -2.22. The lowest BCUT2D eigenvalue weighted by Gasteiger charge is -2.04. The van der Waals surface area contributed by atoms with Crippen LogP contribution in [0.5, 0.6) is 0 Å². The van der Waals surface area contributed by atoms with E-state index in [0.717, 1.165) is 5.56 Å². The van der Waals surface area contributed by atoms with Crippen molar-refractivity contribution in [2.24, 2.45) is 0 Å². The molecule has 0 aliphatic carbocycles. The van der Waals surface area contributed by atoms with E-state index in [1.807, 2.05) is 76.2 Å². The second kappa shape index (κ2) is 13.3. The van der Waals surface area contributed by atoms with E-state index < -0.39 is 0 Å². The topological polar surface area (TPSA) is 179 Å². The fraction of sp³-hybridized carbons (Fsp3) is 0.185. The van der Waals surface area contributed by atoms with Crippen LogP contribution < -0.4 is 22.6 Å². The van der Waals surface area contributed by atoms with Crippen molar-refractivity contribution in [3.8, 4) is 5.69 Å². The average Bonchev–Trinajstić information content (AvgIpc) is 3.53. The van der Waals surface area contributed by atoms with Crippen molar-refractivity contribution in [2.75, 3.05) is 11.5 Å². The Bertz CT molecular complexity index is 1740. The monoisotopic (exact) mass is 528 g/mol. The van der Waals surface area contributed by atoms with Crippen LogP contribution in [0.2, 0.25) is 0 Å². The van der Waals surface area contributed by atoms with E-state index in [1.54, 1.807) is 12.1 Å². The molecule has 6 rings (SSSR count). The van der Waals surface area contributed by atoms with Crippen molar-refractivity contribution in [1.29, 1.82) is 0 Å². The Morgan fingerprint density at radius 2 is 1.18 bits per heavy atom. The Hall–Kier alpha value is -5.26. The molecule has 6 aromatic rings. The van der Waals surface area contributed by atoms with Gasteiger partial charge in [-0.2, -0.15) is 25.1 Å². The zero-order valence-corrected chi connectivity index (χ0v) is 22.3. The summed E-state index contributed by atoms with van der Waals surface area (Å²) in [6.07, 6.45) is 0. The average molecular weight is 529 g/mol. The van der Waals surface area contributed by atoms with Gasteiger partial charge in [0, 0.05) is 12.1 Å². The molecule has 0 fully saturated rings. The van der Waals surface area contributed by atoms with E-state index in [2.05, 4.69) is 30.6 Å². The maximum atomic E-state index is 11.9. The highest BCUT2D eigenvalue weighted by molar-refractivity contribution is 5.84. The first-order valence-corrected chi connectivity index (χ1v) is 12.5. The number of fused-ring (bicyclic) bond motifs is 2. The summed E-state index contributed by atoms with van der Waals surface area (Å²) >= 11 is 0. The molecule has 202 valence electrons. The molecule has 0 aliphatic rings. The molecule has 0 aliphatic heterocycles. The van der Waals surface area contributed by atoms with Crippen molar-refractivity contribution in [3.05, 3.63) is 99.1 Å². The fourth-order valence-corrected chi connectivity index (χ4v) is 3.47. The van der Waals surface area contributed by atoms with Gasteiger partial charge in [0.15, 0.2) is 22.7 Å². The number of hydrogen-bond donors (Lipinski definition) is 4. The van der Waals surface area contributed by atoms with Gasteiger partial charge in [0.2, 0.25) is 0 Å². The van der Waals surface area contributed by atoms with Crippen molar-refractivity contribution >= 4 is 33.7 Å². The van der Waals surface area contributed by atoms with Crippen LogP contribution in [0.4, 0.5) is 11.6 Å². The molecule has 12 heteroatoms. The second-order valence-electron chi connectivity index (χ2n) is 7.60. The van der Waals surface area contributed by atoms with Crippen molar-refractivity contribution in [1.82, 2.24) is 40.0 Å². The summed E-state index contributed by atoms with van der Waals surface area (Å²) in [5.41, 5.74) is 14.7. The molecular formula is C27H32N10O2. The van der Waals surface area contributed by atoms with Gasteiger partial charge in [-0.25, -0.2) is 4.68 Å². The molecule has 4 aromatic heterocycles. The summed E-state index contributed by atoms with van der Waals surface area (Å²) in [5, 5.41) is 21.4. The normalized spacial score (nSPS) is 10.1. The minimum absolute atomic E-state index is 0.185. The first-order valence-electron chi connectivity index (χ1n) is 12.5. The molecule has 2 aromatic carbocycles. The number of aromatic nitrogens is 8. The molecule has 4 heterocycles. The van der Waals surface area contributed by atoms with Gasteiger partial charge in [-0.3, -0.25) is 19.8 Å². The molecule has 0 amide bonds. The largest absolute Gasteiger partial charge is 0.380 e. The number of para-hydroxylation sites is 1. The van der Waals surface area contributed by atoms with Gasteiger partial charge in [-0.15, -0.1) is 0 Å². The summed E-state index contributed by atoms with van der Waals surface area (Å²) in [5.74, 6) is 0.580. The van der Waals surface area contributed by atoms with Crippen LogP contribution in [0.1, 0.15) is 33.3 Å². The molecule has 0 atom stereocenters. The van der Waals surface area contributed by atoms with E-state index in [4.69, 9.17) is 11.5 Å². The maximum absolute atomic E-state index is 11.9. The molecule has 0 unspecified atom stereocenters. The Morgan fingerprint density at radius 3 is 1.74 bits per heavy atom. The molecule has 6 N–H and O–H groups in total. The first kappa shape index (κ1) is 28.3. The number of nitrogens with two attached hydrogens (primary N) is 2. The Kier molecular flexibility index (Phi) is 9.68. The summed E-state index contributed by atoms with van der Waals surface area (Å²) in [7, 11) is 0. The lowest BCUT2D eigenvalue weighted by molar-refractivity contribution is 0.654. The number of nitrogens with one attached hydrogen (secondary N) is 2. The van der Waals surface area contributed by atoms with Crippen molar-refractivity contribution in [2.45, 2.75) is 34.2 Å². The molecule has 0 saturated heterocycles. The smallest absolute Gasteiger partial charge is 0.273 e. The van der Waals surface area contributed by atoms with Gasteiger partial charge in [-0.05, 0) is 17.7 Å². The van der Waals surface area contributed by atoms with Gasteiger partial charge in [-0.1, -0.05) is 76.2 Å². The summed E-state index contributed by atoms with van der Waals surface area (Å²) in [6.45, 7) is 8.42. The predicted octanol–water partition coefficient (Wildman–Crippen LogP) is 3.49. The minimum atomic E-state index is -0.229. The number of rotatable bonds is 3. The third-order valence-electron chi connectivity index (χ3n) is 5.18. The van der Waals surface area contributed by atoms with Gasteiger partial charge in [0.25, 0.3) is 11.1 Å². The van der Waals surface area contributed by atoms with Gasteiger partial charge < -0.3 is 11.5 Å². The first-order chi connectivity index (χ1) is 19.0. The second-order valence-corrected chi connectivity index (χ2v) is 7.60. The number of benzene rings is 2. The molecule has 39 heavy (non-hydrogen) atoms. The molecule has 0 saturated carbocycles. The standard InChI is InChI=1S/C12H11N5O.C11H9N5O.2C2H6/c13-12-11-9(14-15-12)6-10(18)17(16-11)7-8-4-2-1-3-5-8;12-11-10-8(13-14-11)6-9(17)16(15-10)7-4-2-1-3-5-7;2*1-2/h1-6,14H,7H2,(H2,13,15);1-6,13H,(H2,12,14);2*1-2H3. The van der Waals surface area contributed by atoms with Crippen LogP contribution in [-0.4, -0.2) is 40.0 Å². The molecule has 0 radical (unpaired) electrons. The predicted molar refractivity (Wildman–Crippen MR) is 155 cm³/mol. The summed E-state index contributed by atoms with van der Waals surface area (Å²) in [4.78, 5) is 23.7. The van der Waals surface area contributed by atoms with Crippen LogP contribution in [0, 0.1) is 0 Å². The minimum Gasteiger partial charge on any atom is -0.380 e. The number of hydrogen-bond acceptors (Lipinski definition) is 8. The zero-order chi connectivity index (χ0) is 28.4. The Balaban J connectivity index is 0.000000192. The quantitative estimate of drug-likeness (QED) is 0.269. The fourth-order valence-electron chi connectivity index (χ4n) is 3.47. The van der Waals surface area contributed by atoms with Crippen molar-refractivity contribution < 1.29 is 0 Å². The van der Waals surface area contributed by atoms with Crippen LogP contribution in [0.15, 0.2) is 82.4 Å². The molecule has 0 spiro atoms. The lowest BCUT2D eigenvalue weighted by atomic mass is 10.2.